The van der Waals surface area contributed by atoms with E-state index in [1.165, 1.54) is 5.56 Å². The van der Waals surface area contributed by atoms with Gasteiger partial charge in [-0.25, -0.2) is 4.79 Å². The highest BCUT2D eigenvalue weighted by Gasteiger charge is 2.49. The molecule has 1 aliphatic carbocycles. The monoisotopic (exact) mass is 612 g/mol. The van der Waals surface area contributed by atoms with Gasteiger partial charge in [-0.05, 0) is 68.3 Å². The van der Waals surface area contributed by atoms with Crippen LogP contribution >= 0.6 is 0 Å². The summed E-state index contributed by atoms with van der Waals surface area (Å²) in [6.45, 7) is 7.64. The molecule has 4 atom stereocenters. The molecule has 1 aromatic heterocycles. The number of likely N-dealkylation sites (tertiary alicyclic amines) is 1. The summed E-state index contributed by atoms with van der Waals surface area (Å²) >= 11 is 0. The smallest absolute Gasteiger partial charge is 0.318 e. The molecular weight excluding hydrogens is 564 g/mol. The Balaban J connectivity index is 1.23. The van der Waals surface area contributed by atoms with Gasteiger partial charge in [-0.2, -0.15) is 0 Å². The fourth-order valence-corrected chi connectivity index (χ4v) is 7.98. The van der Waals surface area contributed by atoms with E-state index in [-0.39, 0.29) is 41.1 Å². The van der Waals surface area contributed by atoms with Gasteiger partial charge in [-0.3, -0.25) is 9.59 Å². The molecule has 3 aliphatic rings. The van der Waals surface area contributed by atoms with Gasteiger partial charge in [-0.1, -0.05) is 49.4 Å². The fourth-order valence-electron chi connectivity index (χ4n) is 7.98. The number of fused-ring (bicyclic) bond motifs is 3. The van der Waals surface area contributed by atoms with Crippen molar-refractivity contribution in [2.75, 3.05) is 46.8 Å². The van der Waals surface area contributed by atoms with E-state index in [0.717, 1.165) is 67.2 Å². The largest absolute Gasteiger partial charge is 0.361 e. The zero-order valence-electron chi connectivity index (χ0n) is 27.1. The van der Waals surface area contributed by atoms with Crippen molar-refractivity contribution in [3.63, 3.8) is 0 Å². The van der Waals surface area contributed by atoms with Gasteiger partial charge in [-0.15, -0.1) is 0 Å². The van der Waals surface area contributed by atoms with Crippen molar-refractivity contribution in [1.29, 1.82) is 0 Å². The van der Waals surface area contributed by atoms with Crippen LogP contribution in [0.25, 0.3) is 10.9 Å². The lowest BCUT2D eigenvalue weighted by Crippen LogP contribution is -2.58. The van der Waals surface area contributed by atoms with Gasteiger partial charge in [0, 0.05) is 74.7 Å². The lowest BCUT2D eigenvalue weighted by molar-refractivity contribution is -0.136. The number of benzene rings is 2. The number of urea groups is 1. The molecule has 9 heteroatoms. The molecule has 3 aromatic rings. The number of rotatable bonds is 7. The molecule has 0 radical (unpaired) electrons. The maximum absolute atomic E-state index is 14.5. The Labute approximate surface area is 266 Å². The third-order valence-corrected chi connectivity index (χ3v) is 11.0. The summed E-state index contributed by atoms with van der Waals surface area (Å²) in [4.78, 5) is 50.4. The summed E-state index contributed by atoms with van der Waals surface area (Å²) < 4.78 is 0. The lowest BCUT2D eigenvalue weighted by Gasteiger charge is -2.42. The van der Waals surface area contributed by atoms with Gasteiger partial charge in [0.05, 0.1) is 5.92 Å². The summed E-state index contributed by atoms with van der Waals surface area (Å²) in [5.74, 6) is -0.263. The molecule has 6 rings (SSSR count). The van der Waals surface area contributed by atoms with Crippen LogP contribution < -0.4 is 10.6 Å². The van der Waals surface area contributed by atoms with Crippen molar-refractivity contribution in [1.82, 2.24) is 30.3 Å². The predicted octanol–water partition coefficient (Wildman–Crippen LogP) is 4.56. The van der Waals surface area contributed by atoms with Crippen molar-refractivity contribution in [3.8, 4) is 0 Å². The first-order valence-electron chi connectivity index (χ1n) is 16.7. The van der Waals surface area contributed by atoms with E-state index in [4.69, 9.17) is 0 Å². The Morgan fingerprint density at radius 1 is 1.07 bits per heavy atom. The van der Waals surface area contributed by atoms with Crippen LogP contribution in [0.15, 0.2) is 54.7 Å². The van der Waals surface area contributed by atoms with Crippen molar-refractivity contribution in [2.45, 2.75) is 75.3 Å². The number of carbonyl (C=O) groups is 3. The minimum Gasteiger partial charge on any atom is -0.361 e. The number of likely N-dealkylation sites (N-methyl/N-ethyl adjacent to an activating group) is 2. The van der Waals surface area contributed by atoms with Crippen LogP contribution in [-0.2, 0) is 15.0 Å². The predicted molar refractivity (Wildman–Crippen MR) is 177 cm³/mol. The molecule has 4 amide bonds. The van der Waals surface area contributed by atoms with Gasteiger partial charge in [0.2, 0.25) is 11.8 Å². The lowest BCUT2D eigenvalue weighted by atomic mass is 9.73. The number of hydrogen-bond donors (Lipinski definition) is 3. The number of nitrogens with one attached hydrogen (secondary N) is 3. The molecule has 1 spiro atoms. The van der Waals surface area contributed by atoms with Crippen LogP contribution in [0.2, 0.25) is 0 Å². The van der Waals surface area contributed by atoms with Crippen LogP contribution in [0.5, 0.6) is 0 Å². The number of amides is 4. The first-order chi connectivity index (χ1) is 21.7. The molecule has 45 heavy (non-hydrogen) atoms. The van der Waals surface area contributed by atoms with Crippen molar-refractivity contribution in [2.24, 2.45) is 0 Å². The van der Waals surface area contributed by atoms with Gasteiger partial charge in [0.15, 0.2) is 0 Å². The third kappa shape index (κ3) is 5.83. The molecule has 0 unspecified atom stereocenters. The summed E-state index contributed by atoms with van der Waals surface area (Å²) in [7, 11) is 3.71. The Morgan fingerprint density at radius 3 is 2.53 bits per heavy atom. The fraction of sp³-hybridized carbons (Fsp3) is 0.528. The molecule has 0 bridgehead atoms. The van der Waals surface area contributed by atoms with Crippen LogP contribution in [0.1, 0.15) is 74.5 Å². The molecular formula is C36H48N6O3. The molecule has 9 nitrogen and oxygen atoms in total. The van der Waals surface area contributed by atoms with Crippen LogP contribution in [0.4, 0.5) is 4.79 Å². The molecule has 240 valence electrons. The number of aromatic amines is 1. The van der Waals surface area contributed by atoms with Crippen LogP contribution in [-0.4, -0.2) is 96.4 Å². The molecule has 2 aliphatic heterocycles. The topological polar surface area (TPSA) is 101 Å². The second-order valence-corrected chi connectivity index (χ2v) is 13.4. The van der Waals surface area contributed by atoms with Gasteiger partial charge < -0.3 is 30.3 Å². The summed E-state index contributed by atoms with van der Waals surface area (Å²) in [5, 5.41) is 7.64. The first kappa shape index (κ1) is 31.1. The number of H-pyrrole nitrogens is 1. The van der Waals surface area contributed by atoms with E-state index in [2.05, 4.69) is 39.9 Å². The number of aromatic nitrogens is 1. The quantitative estimate of drug-likeness (QED) is 0.364. The average Bonchev–Trinajstić information content (AvgIpc) is 3.66. The highest BCUT2D eigenvalue weighted by molar-refractivity contribution is 5.91. The minimum atomic E-state index is -0.715. The zero-order chi connectivity index (χ0) is 31.7. The molecule has 2 aromatic carbocycles. The van der Waals surface area contributed by atoms with Crippen LogP contribution in [0, 0.1) is 0 Å². The molecule has 2 saturated heterocycles. The summed E-state index contributed by atoms with van der Waals surface area (Å²) in [6.07, 6.45) is 6.32. The maximum Gasteiger partial charge on any atom is 0.318 e. The molecule has 0 saturated carbocycles. The van der Waals surface area contributed by atoms with Crippen molar-refractivity contribution in [3.05, 3.63) is 71.4 Å². The van der Waals surface area contributed by atoms with Gasteiger partial charge in [0.1, 0.15) is 6.04 Å². The standard InChI is InChI=1S/C36H48N6O3/c1-5-40(3)33(43)28-21-36(30-14-8-6-12-26(28)30)16-19-42(20-17-36)34(44)32(39-35(45)41(4)25-11-10-18-37-22-25)24(2)29-23-38-31-15-9-7-13-27(29)31/h6-9,12-15,23-25,28,32,37-38H,5,10-11,16-22H2,1-4H3,(H,39,45)/t24-,25-,28-,32-/m1/s1. The highest BCUT2D eigenvalue weighted by Crippen LogP contribution is 2.52. The number of carbonyl (C=O) groups excluding carboxylic acids is 3. The third-order valence-electron chi connectivity index (χ3n) is 11.0. The maximum atomic E-state index is 14.5. The van der Waals surface area contributed by atoms with E-state index in [9.17, 15) is 14.4 Å². The highest BCUT2D eigenvalue weighted by atomic mass is 16.2. The molecule has 3 N–H and O–H groups in total. The first-order valence-corrected chi connectivity index (χ1v) is 16.7. The van der Waals surface area contributed by atoms with E-state index >= 15 is 0 Å². The van der Waals surface area contributed by atoms with Crippen LogP contribution in [0.3, 0.4) is 0 Å². The van der Waals surface area contributed by atoms with E-state index in [0.29, 0.717) is 19.6 Å². The minimum absolute atomic E-state index is 0.0456. The van der Waals surface area contributed by atoms with Gasteiger partial charge >= 0.3 is 6.03 Å². The van der Waals surface area contributed by atoms with Crippen molar-refractivity contribution >= 4 is 28.7 Å². The normalized spacial score (nSPS) is 22.1. The van der Waals surface area contributed by atoms with Crippen molar-refractivity contribution < 1.29 is 14.4 Å². The number of nitrogens with zero attached hydrogens (tertiary/aromatic N) is 3. The Bertz CT molecular complexity index is 1540. The van der Waals surface area contributed by atoms with E-state index in [1.807, 2.05) is 68.2 Å². The Morgan fingerprint density at radius 2 is 1.80 bits per heavy atom. The molecule has 3 heterocycles. The second-order valence-electron chi connectivity index (χ2n) is 13.4. The number of para-hydroxylation sites is 1. The summed E-state index contributed by atoms with van der Waals surface area (Å²) in [6, 6.07) is 15.7. The second kappa shape index (κ2) is 12.9. The van der Waals surface area contributed by atoms with E-state index < -0.39 is 6.04 Å². The van der Waals surface area contributed by atoms with E-state index in [1.54, 1.807) is 4.90 Å². The molecule has 2 fully saturated rings. The SMILES string of the molecule is CCN(C)C(=O)[C@@H]1CC2(CCN(C(=O)[C@H](NC(=O)N(C)[C@@H]3CCCNC3)[C@H](C)c3c[nH]c4ccccc34)CC2)c2ccccc21. The Kier molecular flexibility index (Phi) is 8.91. The average molecular weight is 613 g/mol. The van der Waals surface area contributed by atoms with Gasteiger partial charge in [0.25, 0.3) is 0 Å². The Hall–Kier alpha value is -3.85. The number of piperidine rings is 2. The summed E-state index contributed by atoms with van der Waals surface area (Å²) in [5.41, 5.74) is 4.31. The number of hydrogen-bond acceptors (Lipinski definition) is 4. The zero-order valence-corrected chi connectivity index (χ0v) is 27.1.